The minimum absolute atomic E-state index is 0.343. The highest BCUT2D eigenvalue weighted by molar-refractivity contribution is 5.79. The summed E-state index contributed by atoms with van der Waals surface area (Å²) in [5.74, 6) is 3.57. The van der Waals surface area contributed by atoms with Gasteiger partial charge in [0.1, 0.15) is 5.76 Å². The molecule has 2 atom stereocenters. The zero-order chi connectivity index (χ0) is 13.5. The summed E-state index contributed by atoms with van der Waals surface area (Å²) in [7, 11) is 0. The molecule has 0 bridgehead atoms. The van der Waals surface area contributed by atoms with Crippen molar-refractivity contribution in [2.24, 2.45) is 17.8 Å². The molecular formula is C16H22N2O2. The fraction of sp³-hybridized carbons (Fsp3) is 0.688. The van der Waals surface area contributed by atoms with Crippen LogP contribution in [0.1, 0.15) is 25.0 Å². The van der Waals surface area contributed by atoms with Gasteiger partial charge < -0.3 is 9.32 Å². The lowest BCUT2D eigenvalue weighted by atomic mass is 10.0. The van der Waals surface area contributed by atoms with Crippen molar-refractivity contribution in [2.45, 2.75) is 25.8 Å². The summed E-state index contributed by atoms with van der Waals surface area (Å²) in [5.41, 5.74) is 0. The summed E-state index contributed by atoms with van der Waals surface area (Å²) in [6.45, 7) is 4.55. The molecule has 20 heavy (non-hydrogen) atoms. The summed E-state index contributed by atoms with van der Waals surface area (Å²) in [6.07, 6.45) is 5.44. The molecule has 2 aliphatic carbocycles. The topological polar surface area (TPSA) is 36.7 Å². The molecule has 1 aromatic heterocycles. The highest BCUT2D eigenvalue weighted by atomic mass is 16.3. The summed E-state index contributed by atoms with van der Waals surface area (Å²) < 4.78 is 5.39. The molecule has 2 saturated carbocycles. The first-order valence-electron chi connectivity index (χ1n) is 7.83. The van der Waals surface area contributed by atoms with E-state index in [-0.39, 0.29) is 0 Å². The minimum Gasteiger partial charge on any atom is -0.468 e. The van der Waals surface area contributed by atoms with Gasteiger partial charge in [-0.15, -0.1) is 0 Å². The molecule has 1 amide bonds. The Balaban J connectivity index is 1.27. The highest BCUT2D eigenvalue weighted by Gasteiger charge is 2.48. The predicted molar refractivity (Wildman–Crippen MR) is 74.9 cm³/mol. The van der Waals surface area contributed by atoms with Crippen LogP contribution in [0.2, 0.25) is 0 Å². The lowest BCUT2D eigenvalue weighted by Crippen LogP contribution is -2.49. The van der Waals surface area contributed by atoms with Crippen LogP contribution in [-0.4, -0.2) is 41.9 Å². The standard InChI is InChI=1S/C16H22N2O2/c19-16(14-9-12-8-13(12)10-14)18-5-3-17(4-6-18)11-15-2-1-7-20-15/h1-2,7,12-14H,3-6,8-11H2. The zero-order valence-electron chi connectivity index (χ0n) is 11.8. The average Bonchev–Trinajstić information content (AvgIpc) is 2.90. The van der Waals surface area contributed by atoms with Gasteiger partial charge in [0.15, 0.2) is 0 Å². The number of hydrogen-bond donors (Lipinski definition) is 0. The van der Waals surface area contributed by atoms with Crippen molar-refractivity contribution < 1.29 is 9.21 Å². The van der Waals surface area contributed by atoms with Gasteiger partial charge >= 0.3 is 0 Å². The van der Waals surface area contributed by atoms with Crippen LogP contribution in [0.5, 0.6) is 0 Å². The number of fused-ring (bicyclic) bond motifs is 1. The molecule has 1 saturated heterocycles. The Kier molecular flexibility index (Phi) is 3.06. The monoisotopic (exact) mass is 274 g/mol. The van der Waals surface area contributed by atoms with E-state index in [1.165, 1.54) is 6.42 Å². The van der Waals surface area contributed by atoms with Crippen LogP contribution in [0.15, 0.2) is 22.8 Å². The number of carbonyl (C=O) groups is 1. The van der Waals surface area contributed by atoms with E-state index in [2.05, 4.69) is 9.80 Å². The Bertz CT molecular complexity index is 467. The molecule has 0 N–H and O–H groups in total. The van der Waals surface area contributed by atoms with Gasteiger partial charge in [-0.05, 0) is 43.2 Å². The number of piperazine rings is 1. The van der Waals surface area contributed by atoms with Crippen molar-refractivity contribution in [1.29, 1.82) is 0 Å². The number of nitrogens with zero attached hydrogens (tertiary/aromatic N) is 2. The van der Waals surface area contributed by atoms with Gasteiger partial charge in [0.25, 0.3) is 0 Å². The number of rotatable bonds is 3. The van der Waals surface area contributed by atoms with Gasteiger partial charge in [-0.2, -0.15) is 0 Å². The lowest BCUT2D eigenvalue weighted by molar-refractivity contribution is -0.137. The molecule has 2 heterocycles. The maximum Gasteiger partial charge on any atom is 0.225 e. The highest BCUT2D eigenvalue weighted by Crippen LogP contribution is 2.54. The van der Waals surface area contributed by atoms with Gasteiger partial charge in [0, 0.05) is 32.1 Å². The Hall–Kier alpha value is -1.29. The second-order valence-corrected chi connectivity index (χ2v) is 6.60. The van der Waals surface area contributed by atoms with Crippen molar-refractivity contribution in [3.05, 3.63) is 24.2 Å². The molecule has 1 aromatic rings. The van der Waals surface area contributed by atoms with E-state index < -0.39 is 0 Å². The Labute approximate surface area is 119 Å². The van der Waals surface area contributed by atoms with Crippen LogP contribution in [0.3, 0.4) is 0 Å². The molecule has 0 radical (unpaired) electrons. The van der Waals surface area contributed by atoms with Crippen LogP contribution >= 0.6 is 0 Å². The largest absolute Gasteiger partial charge is 0.468 e. The molecular weight excluding hydrogens is 252 g/mol. The van der Waals surface area contributed by atoms with Gasteiger partial charge in [0.2, 0.25) is 5.91 Å². The van der Waals surface area contributed by atoms with Crippen molar-refractivity contribution >= 4 is 5.91 Å². The van der Waals surface area contributed by atoms with Crippen molar-refractivity contribution in [1.82, 2.24) is 9.80 Å². The molecule has 3 aliphatic rings. The van der Waals surface area contributed by atoms with E-state index in [0.717, 1.165) is 63.2 Å². The van der Waals surface area contributed by atoms with Crippen LogP contribution in [-0.2, 0) is 11.3 Å². The smallest absolute Gasteiger partial charge is 0.225 e. The van der Waals surface area contributed by atoms with Crippen LogP contribution in [0.4, 0.5) is 0 Å². The summed E-state index contributed by atoms with van der Waals surface area (Å²) in [4.78, 5) is 16.9. The number of hydrogen-bond acceptors (Lipinski definition) is 3. The molecule has 4 heteroatoms. The third kappa shape index (κ3) is 2.37. The van der Waals surface area contributed by atoms with Crippen molar-refractivity contribution in [3.63, 3.8) is 0 Å². The third-order valence-electron chi connectivity index (χ3n) is 5.24. The lowest BCUT2D eigenvalue weighted by Gasteiger charge is -2.35. The van der Waals surface area contributed by atoms with Gasteiger partial charge in [0.05, 0.1) is 12.8 Å². The zero-order valence-corrected chi connectivity index (χ0v) is 11.8. The minimum atomic E-state index is 0.343. The Morgan fingerprint density at radius 3 is 2.55 bits per heavy atom. The molecule has 2 unspecified atom stereocenters. The molecule has 0 spiro atoms. The van der Waals surface area contributed by atoms with Crippen molar-refractivity contribution in [3.8, 4) is 0 Å². The second-order valence-electron chi connectivity index (χ2n) is 6.60. The van der Waals surface area contributed by atoms with E-state index in [9.17, 15) is 4.79 Å². The van der Waals surface area contributed by atoms with Crippen molar-refractivity contribution in [2.75, 3.05) is 26.2 Å². The van der Waals surface area contributed by atoms with E-state index in [1.807, 2.05) is 12.1 Å². The molecule has 3 fully saturated rings. The molecule has 4 rings (SSSR count). The van der Waals surface area contributed by atoms with Gasteiger partial charge in [-0.1, -0.05) is 0 Å². The van der Waals surface area contributed by atoms with Gasteiger partial charge in [-0.3, -0.25) is 9.69 Å². The normalized spacial score (nSPS) is 33.2. The van der Waals surface area contributed by atoms with E-state index >= 15 is 0 Å². The fourth-order valence-corrected chi connectivity index (χ4v) is 3.92. The van der Waals surface area contributed by atoms with Crippen LogP contribution in [0, 0.1) is 17.8 Å². The van der Waals surface area contributed by atoms with Crippen LogP contribution < -0.4 is 0 Å². The molecule has 1 aliphatic heterocycles. The number of carbonyl (C=O) groups excluding carboxylic acids is 1. The summed E-state index contributed by atoms with van der Waals surface area (Å²) in [6, 6.07) is 3.95. The first kappa shape index (κ1) is 12.5. The summed E-state index contributed by atoms with van der Waals surface area (Å²) in [5, 5.41) is 0. The maximum atomic E-state index is 12.5. The molecule has 108 valence electrons. The number of amides is 1. The first-order chi connectivity index (χ1) is 9.79. The van der Waals surface area contributed by atoms with E-state index in [0.29, 0.717) is 11.8 Å². The van der Waals surface area contributed by atoms with E-state index in [4.69, 9.17) is 4.42 Å². The maximum absolute atomic E-state index is 12.5. The molecule has 0 aromatic carbocycles. The summed E-state index contributed by atoms with van der Waals surface area (Å²) >= 11 is 0. The fourth-order valence-electron chi connectivity index (χ4n) is 3.92. The number of furan rings is 1. The Morgan fingerprint density at radius 1 is 1.15 bits per heavy atom. The Morgan fingerprint density at radius 2 is 1.90 bits per heavy atom. The third-order valence-corrected chi connectivity index (χ3v) is 5.24. The molecule has 4 nitrogen and oxygen atoms in total. The quantitative estimate of drug-likeness (QED) is 0.845. The predicted octanol–water partition coefficient (Wildman–Crippen LogP) is 1.97. The van der Waals surface area contributed by atoms with Crippen LogP contribution in [0.25, 0.3) is 0 Å². The first-order valence-corrected chi connectivity index (χ1v) is 7.83. The average molecular weight is 274 g/mol. The second kappa shape index (κ2) is 4.92. The SMILES string of the molecule is O=C(C1CC2CC2C1)N1CCN(Cc2ccco2)CC1. The van der Waals surface area contributed by atoms with Gasteiger partial charge in [-0.25, -0.2) is 0 Å². The van der Waals surface area contributed by atoms with E-state index in [1.54, 1.807) is 6.26 Å².